The number of hydrogen-bond donors (Lipinski definition) is 0. The zero-order valence-electron chi connectivity index (χ0n) is 12.1. The highest BCUT2D eigenvalue weighted by molar-refractivity contribution is 5.93. The first-order chi connectivity index (χ1) is 9.87. The molecule has 1 aromatic rings. The number of alkyl halides is 3. The molecule has 0 saturated carbocycles. The number of rotatable bonds is 7. The van der Waals surface area contributed by atoms with E-state index >= 15 is 0 Å². The number of hydrogen-bond acceptors (Lipinski definition) is 3. The van der Waals surface area contributed by atoms with E-state index in [0.717, 1.165) is 12.8 Å². The van der Waals surface area contributed by atoms with Gasteiger partial charge in [-0.1, -0.05) is 13.8 Å². The van der Waals surface area contributed by atoms with E-state index in [9.17, 15) is 18.0 Å². The Bertz CT molecular complexity index is 441. The molecule has 7 heteroatoms. The van der Waals surface area contributed by atoms with E-state index in [0.29, 0.717) is 18.7 Å². The van der Waals surface area contributed by atoms with Gasteiger partial charge in [0, 0.05) is 25.4 Å². The van der Waals surface area contributed by atoms with Crippen molar-refractivity contribution in [3.63, 3.8) is 0 Å². The third-order valence-electron chi connectivity index (χ3n) is 2.64. The highest BCUT2D eigenvalue weighted by atomic mass is 19.4. The summed E-state index contributed by atoms with van der Waals surface area (Å²) in [5, 5.41) is 0. The topological polar surface area (TPSA) is 42.4 Å². The first-order valence-electron chi connectivity index (χ1n) is 6.82. The van der Waals surface area contributed by atoms with Gasteiger partial charge in [-0.3, -0.25) is 4.79 Å². The van der Waals surface area contributed by atoms with E-state index in [1.54, 1.807) is 4.90 Å². The van der Waals surface area contributed by atoms with Crippen molar-refractivity contribution >= 4 is 5.91 Å². The largest absolute Gasteiger partial charge is 0.468 e. The summed E-state index contributed by atoms with van der Waals surface area (Å²) in [7, 11) is 0. The lowest BCUT2D eigenvalue weighted by molar-refractivity contribution is -0.154. The SMILES string of the molecule is CCCN(CCC)C(=O)c1ccc(OCC(F)(F)F)nc1. The molecule has 0 radical (unpaired) electrons. The van der Waals surface area contributed by atoms with Crippen LogP contribution in [0.3, 0.4) is 0 Å². The second-order valence-corrected chi connectivity index (χ2v) is 4.58. The zero-order chi connectivity index (χ0) is 15.9. The van der Waals surface area contributed by atoms with Crippen molar-refractivity contribution in [1.29, 1.82) is 0 Å². The van der Waals surface area contributed by atoms with Crippen LogP contribution in [0.2, 0.25) is 0 Å². The molecule has 118 valence electrons. The van der Waals surface area contributed by atoms with Gasteiger partial charge in [0.25, 0.3) is 5.91 Å². The number of pyridine rings is 1. The minimum Gasteiger partial charge on any atom is -0.468 e. The summed E-state index contributed by atoms with van der Waals surface area (Å²) in [6, 6.07) is 2.70. The van der Waals surface area contributed by atoms with Gasteiger partial charge >= 0.3 is 6.18 Å². The molecule has 1 amide bonds. The Morgan fingerprint density at radius 2 is 1.86 bits per heavy atom. The number of aromatic nitrogens is 1. The minimum absolute atomic E-state index is 0.151. The molecule has 1 aromatic heterocycles. The van der Waals surface area contributed by atoms with E-state index < -0.39 is 12.8 Å². The van der Waals surface area contributed by atoms with Crippen LogP contribution in [0, 0.1) is 0 Å². The molecule has 0 bridgehead atoms. The van der Waals surface area contributed by atoms with E-state index in [1.807, 2.05) is 13.8 Å². The van der Waals surface area contributed by atoms with Gasteiger partial charge in [-0.05, 0) is 18.9 Å². The number of amides is 1. The Hall–Kier alpha value is -1.79. The average Bonchev–Trinajstić information content (AvgIpc) is 2.44. The average molecular weight is 304 g/mol. The maximum atomic E-state index is 12.2. The molecular weight excluding hydrogens is 285 g/mol. The van der Waals surface area contributed by atoms with Gasteiger partial charge in [0.2, 0.25) is 5.88 Å². The summed E-state index contributed by atoms with van der Waals surface area (Å²) in [4.78, 5) is 17.7. The van der Waals surface area contributed by atoms with Crippen LogP contribution in [-0.4, -0.2) is 41.7 Å². The van der Waals surface area contributed by atoms with Gasteiger partial charge in [0.15, 0.2) is 6.61 Å². The van der Waals surface area contributed by atoms with Crippen LogP contribution in [0.1, 0.15) is 37.0 Å². The van der Waals surface area contributed by atoms with Crippen LogP contribution in [0.25, 0.3) is 0 Å². The number of carbonyl (C=O) groups excluding carboxylic acids is 1. The zero-order valence-corrected chi connectivity index (χ0v) is 12.1. The smallest absolute Gasteiger partial charge is 0.422 e. The maximum Gasteiger partial charge on any atom is 0.422 e. The van der Waals surface area contributed by atoms with Crippen molar-refractivity contribution in [2.24, 2.45) is 0 Å². The molecule has 0 fully saturated rings. The Kier molecular flexibility index (Phi) is 6.45. The lowest BCUT2D eigenvalue weighted by Gasteiger charge is -2.21. The standard InChI is InChI=1S/C14H19F3N2O2/c1-3-7-19(8-4-2)13(20)11-5-6-12(18-9-11)21-10-14(15,16)17/h5-6,9H,3-4,7-8,10H2,1-2H3. The molecule has 21 heavy (non-hydrogen) atoms. The number of halogens is 3. The number of carbonyl (C=O) groups is 1. The summed E-state index contributed by atoms with van der Waals surface area (Å²) in [6.07, 6.45) is -1.49. The summed E-state index contributed by atoms with van der Waals surface area (Å²) < 4.78 is 40.5. The molecule has 0 aliphatic rings. The van der Waals surface area contributed by atoms with Crippen molar-refractivity contribution in [1.82, 2.24) is 9.88 Å². The summed E-state index contributed by atoms with van der Waals surface area (Å²) in [5.41, 5.74) is 0.344. The highest BCUT2D eigenvalue weighted by Gasteiger charge is 2.28. The van der Waals surface area contributed by atoms with Gasteiger partial charge in [-0.25, -0.2) is 4.98 Å². The summed E-state index contributed by atoms with van der Waals surface area (Å²) in [6.45, 7) is 3.83. The van der Waals surface area contributed by atoms with Crippen molar-refractivity contribution in [3.05, 3.63) is 23.9 Å². The first kappa shape index (κ1) is 17.3. The van der Waals surface area contributed by atoms with Crippen LogP contribution in [0.15, 0.2) is 18.3 Å². The fourth-order valence-electron chi connectivity index (χ4n) is 1.79. The Labute approximate surface area is 121 Å². The predicted octanol–water partition coefficient (Wildman–Crippen LogP) is 3.28. The van der Waals surface area contributed by atoms with Crippen LogP contribution < -0.4 is 4.74 Å². The number of nitrogens with zero attached hydrogens (tertiary/aromatic N) is 2. The highest BCUT2D eigenvalue weighted by Crippen LogP contribution is 2.17. The summed E-state index contributed by atoms with van der Waals surface area (Å²) >= 11 is 0. The molecule has 0 aromatic carbocycles. The van der Waals surface area contributed by atoms with Crippen molar-refractivity contribution in [3.8, 4) is 5.88 Å². The minimum atomic E-state index is -4.41. The van der Waals surface area contributed by atoms with E-state index in [1.165, 1.54) is 18.3 Å². The molecule has 1 heterocycles. The third kappa shape index (κ3) is 6.01. The lowest BCUT2D eigenvalue weighted by atomic mass is 10.2. The lowest BCUT2D eigenvalue weighted by Crippen LogP contribution is -2.32. The quantitative estimate of drug-likeness (QED) is 0.776. The second kappa shape index (κ2) is 7.85. The molecule has 0 aliphatic carbocycles. The van der Waals surface area contributed by atoms with Gasteiger partial charge in [-0.2, -0.15) is 13.2 Å². The molecule has 0 spiro atoms. The third-order valence-corrected chi connectivity index (χ3v) is 2.64. The molecule has 1 rings (SSSR count). The number of ether oxygens (including phenoxy) is 1. The molecular formula is C14H19F3N2O2. The normalized spacial score (nSPS) is 11.3. The van der Waals surface area contributed by atoms with Gasteiger partial charge in [-0.15, -0.1) is 0 Å². The van der Waals surface area contributed by atoms with E-state index in [2.05, 4.69) is 9.72 Å². The van der Waals surface area contributed by atoms with Gasteiger partial charge in [0.1, 0.15) is 0 Å². The fraction of sp³-hybridized carbons (Fsp3) is 0.571. The summed E-state index contributed by atoms with van der Waals surface area (Å²) in [5.74, 6) is -0.324. The monoisotopic (exact) mass is 304 g/mol. The molecule has 0 N–H and O–H groups in total. The van der Waals surface area contributed by atoms with E-state index in [-0.39, 0.29) is 11.8 Å². The maximum absolute atomic E-state index is 12.2. The van der Waals surface area contributed by atoms with Gasteiger partial charge < -0.3 is 9.64 Å². The van der Waals surface area contributed by atoms with Crippen LogP contribution in [-0.2, 0) is 0 Å². The first-order valence-corrected chi connectivity index (χ1v) is 6.82. The second-order valence-electron chi connectivity index (χ2n) is 4.58. The molecule has 0 unspecified atom stereocenters. The van der Waals surface area contributed by atoms with Crippen molar-refractivity contribution < 1.29 is 22.7 Å². The van der Waals surface area contributed by atoms with Crippen LogP contribution in [0.5, 0.6) is 5.88 Å². The Morgan fingerprint density at radius 3 is 2.29 bits per heavy atom. The molecule has 4 nitrogen and oxygen atoms in total. The van der Waals surface area contributed by atoms with Crippen LogP contribution in [0.4, 0.5) is 13.2 Å². The molecule has 0 aliphatic heterocycles. The molecule has 0 atom stereocenters. The van der Waals surface area contributed by atoms with Crippen LogP contribution >= 0.6 is 0 Å². The van der Waals surface area contributed by atoms with Crippen molar-refractivity contribution in [2.75, 3.05) is 19.7 Å². The Morgan fingerprint density at radius 1 is 1.24 bits per heavy atom. The van der Waals surface area contributed by atoms with E-state index in [4.69, 9.17) is 0 Å². The predicted molar refractivity (Wildman–Crippen MR) is 72.3 cm³/mol. The van der Waals surface area contributed by atoms with Gasteiger partial charge in [0.05, 0.1) is 5.56 Å². The molecule has 0 saturated heterocycles. The fourth-order valence-corrected chi connectivity index (χ4v) is 1.79. The van der Waals surface area contributed by atoms with Crippen molar-refractivity contribution in [2.45, 2.75) is 32.9 Å². The Balaban J connectivity index is 2.69.